The molecule has 0 heterocycles. The first-order chi connectivity index (χ1) is 13.5. The molecule has 1 aromatic carbocycles. The SMILES string of the molecule is Cc1cccc(CC/C=C/[C@@H]2[C@H]3CC(/C=C\CCCN(C)C)=C[C@H]3C[C@H]2O)c1. The summed E-state index contributed by atoms with van der Waals surface area (Å²) in [5.41, 5.74) is 4.21. The molecule has 1 aromatic rings. The minimum Gasteiger partial charge on any atom is -0.392 e. The normalized spacial score (nSPS) is 27.2. The molecule has 2 aliphatic carbocycles. The number of rotatable bonds is 9. The summed E-state index contributed by atoms with van der Waals surface area (Å²) in [6.07, 6.45) is 18.1. The summed E-state index contributed by atoms with van der Waals surface area (Å²) in [4.78, 5) is 2.24. The largest absolute Gasteiger partial charge is 0.392 e. The van der Waals surface area contributed by atoms with E-state index in [1.54, 1.807) is 0 Å². The van der Waals surface area contributed by atoms with Gasteiger partial charge in [0, 0.05) is 5.92 Å². The molecule has 2 heteroatoms. The van der Waals surface area contributed by atoms with Crippen molar-refractivity contribution in [2.24, 2.45) is 17.8 Å². The van der Waals surface area contributed by atoms with Gasteiger partial charge >= 0.3 is 0 Å². The van der Waals surface area contributed by atoms with E-state index in [4.69, 9.17) is 0 Å². The smallest absolute Gasteiger partial charge is 0.0611 e. The summed E-state index contributed by atoms with van der Waals surface area (Å²) < 4.78 is 0. The van der Waals surface area contributed by atoms with Crippen LogP contribution in [-0.2, 0) is 6.42 Å². The van der Waals surface area contributed by atoms with Gasteiger partial charge in [-0.2, -0.15) is 0 Å². The fraction of sp³-hybridized carbons (Fsp3) is 0.538. The number of benzene rings is 1. The molecule has 2 aliphatic rings. The first kappa shape index (κ1) is 21.1. The van der Waals surface area contributed by atoms with Crippen LogP contribution in [0.1, 0.15) is 43.2 Å². The summed E-state index contributed by atoms with van der Waals surface area (Å²) in [5, 5.41) is 10.5. The highest BCUT2D eigenvalue weighted by molar-refractivity contribution is 5.29. The van der Waals surface area contributed by atoms with E-state index in [1.165, 1.54) is 23.1 Å². The lowest BCUT2D eigenvalue weighted by atomic mass is 9.89. The van der Waals surface area contributed by atoms with Crippen molar-refractivity contribution in [2.75, 3.05) is 20.6 Å². The molecule has 0 amide bonds. The monoisotopic (exact) mass is 379 g/mol. The van der Waals surface area contributed by atoms with Gasteiger partial charge in [0.2, 0.25) is 0 Å². The predicted octanol–water partition coefficient (Wildman–Crippen LogP) is 5.33. The van der Waals surface area contributed by atoms with E-state index < -0.39 is 0 Å². The molecule has 0 aliphatic heterocycles. The van der Waals surface area contributed by atoms with Gasteiger partial charge in [0.1, 0.15) is 0 Å². The highest BCUT2D eigenvalue weighted by Crippen LogP contribution is 2.47. The van der Waals surface area contributed by atoms with E-state index in [9.17, 15) is 5.11 Å². The third kappa shape index (κ3) is 5.93. The van der Waals surface area contributed by atoms with Crippen molar-refractivity contribution in [3.8, 4) is 0 Å². The topological polar surface area (TPSA) is 23.5 Å². The molecule has 0 radical (unpaired) electrons. The zero-order chi connectivity index (χ0) is 19.9. The molecule has 0 bridgehead atoms. The lowest BCUT2D eigenvalue weighted by molar-refractivity contribution is 0.141. The Morgan fingerprint density at radius 2 is 2.04 bits per heavy atom. The van der Waals surface area contributed by atoms with Crippen molar-refractivity contribution in [3.63, 3.8) is 0 Å². The summed E-state index contributed by atoms with van der Waals surface area (Å²) in [6, 6.07) is 8.76. The van der Waals surface area contributed by atoms with Crippen LogP contribution >= 0.6 is 0 Å². The second-order valence-corrected chi connectivity index (χ2v) is 8.96. The molecule has 2 nitrogen and oxygen atoms in total. The van der Waals surface area contributed by atoms with Gasteiger partial charge in [-0.3, -0.25) is 0 Å². The summed E-state index contributed by atoms with van der Waals surface area (Å²) in [5.74, 6) is 1.47. The Balaban J connectivity index is 1.46. The zero-order valence-electron chi connectivity index (χ0n) is 17.8. The highest BCUT2D eigenvalue weighted by atomic mass is 16.3. The van der Waals surface area contributed by atoms with Crippen LogP contribution in [0.2, 0.25) is 0 Å². The maximum Gasteiger partial charge on any atom is 0.0611 e. The molecule has 152 valence electrons. The average Bonchev–Trinajstić information content (AvgIpc) is 3.15. The molecule has 4 atom stereocenters. The van der Waals surface area contributed by atoms with Crippen LogP contribution in [-0.4, -0.2) is 36.8 Å². The molecule has 0 spiro atoms. The number of aliphatic hydroxyl groups excluding tert-OH is 1. The van der Waals surface area contributed by atoms with Crippen LogP contribution in [0.4, 0.5) is 0 Å². The van der Waals surface area contributed by atoms with E-state index >= 15 is 0 Å². The number of aryl methyl sites for hydroxylation is 2. The van der Waals surface area contributed by atoms with Crippen molar-refractivity contribution in [3.05, 3.63) is 71.3 Å². The molecular weight excluding hydrogens is 342 g/mol. The minimum atomic E-state index is -0.174. The molecular formula is C26H37NO. The molecule has 1 N–H and O–H groups in total. The third-order valence-corrected chi connectivity index (χ3v) is 6.25. The lowest BCUT2D eigenvalue weighted by Crippen LogP contribution is -2.16. The van der Waals surface area contributed by atoms with Gasteiger partial charge in [0.15, 0.2) is 0 Å². The van der Waals surface area contributed by atoms with Crippen LogP contribution in [0, 0.1) is 24.7 Å². The molecule has 3 rings (SSSR count). The third-order valence-electron chi connectivity index (χ3n) is 6.25. The zero-order valence-corrected chi connectivity index (χ0v) is 17.8. The summed E-state index contributed by atoms with van der Waals surface area (Å²) >= 11 is 0. The number of hydrogen-bond acceptors (Lipinski definition) is 2. The van der Waals surface area contributed by atoms with Gasteiger partial charge < -0.3 is 10.0 Å². The Morgan fingerprint density at radius 1 is 1.18 bits per heavy atom. The van der Waals surface area contributed by atoms with E-state index in [0.29, 0.717) is 17.8 Å². The van der Waals surface area contributed by atoms with E-state index in [1.807, 2.05) is 0 Å². The standard InChI is InChI=1S/C26H37NO/c1-20-10-9-13-21(16-20)11-6-7-14-24-25-18-22(17-23(25)19-26(24)28)12-5-4-8-15-27(2)3/h5,7,9-10,12-14,16-17,23-26,28H,4,6,8,11,15,18-19H2,1-3H3/b12-5-,14-7+/t23-,24+,25-,26+/m0/s1. The van der Waals surface area contributed by atoms with Crippen molar-refractivity contribution in [1.29, 1.82) is 0 Å². The Kier molecular flexibility index (Phi) is 7.70. The lowest BCUT2D eigenvalue weighted by Gasteiger charge is -2.17. The molecule has 28 heavy (non-hydrogen) atoms. The van der Waals surface area contributed by atoms with E-state index in [0.717, 1.165) is 38.6 Å². The van der Waals surface area contributed by atoms with Gasteiger partial charge in [-0.1, -0.05) is 65.8 Å². The van der Waals surface area contributed by atoms with Crippen LogP contribution in [0.5, 0.6) is 0 Å². The molecule has 0 saturated heterocycles. The second-order valence-electron chi connectivity index (χ2n) is 8.96. The van der Waals surface area contributed by atoms with Gasteiger partial charge in [-0.15, -0.1) is 0 Å². The van der Waals surface area contributed by atoms with E-state index in [-0.39, 0.29) is 6.10 Å². The Hall–Kier alpha value is -1.64. The highest BCUT2D eigenvalue weighted by Gasteiger charge is 2.42. The second kappa shape index (κ2) is 10.2. The quantitative estimate of drug-likeness (QED) is 0.463. The first-order valence-electron chi connectivity index (χ1n) is 10.9. The van der Waals surface area contributed by atoms with Gasteiger partial charge in [0.25, 0.3) is 0 Å². The van der Waals surface area contributed by atoms with Crippen molar-refractivity contribution >= 4 is 0 Å². The molecule has 0 aromatic heterocycles. The van der Waals surface area contributed by atoms with Crippen molar-refractivity contribution in [2.45, 2.75) is 51.6 Å². The Bertz CT molecular complexity index is 715. The van der Waals surface area contributed by atoms with Crippen molar-refractivity contribution in [1.82, 2.24) is 4.90 Å². The van der Waals surface area contributed by atoms with E-state index in [2.05, 4.69) is 80.6 Å². The van der Waals surface area contributed by atoms with Crippen LogP contribution in [0.25, 0.3) is 0 Å². The Labute approximate surface area is 171 Å². The predicted molar refractivity (Wildman–Crippen MR) is 119 cm³/mol. The summed E-state index contributed by atoms with van der Waals surface area (Å²) in [7, 11) is 4.26. The fourth-order valence-corrected chi connectivity index (χ4v) is 4.80. The average molecular weight is 380 g/mol. The molecule has 0 unspecified atom stereocenters. The minimum absolute atomic E-state index is 0.174. The fourth-order valence-electron chi connectivity index (χ4n) is 4.80. The number of unbranched alkanes of at least 4 members (excludes halogenated alkanes) is 1. The van der Waals surface area contributed by atoms with Crippen molar-refractivity contribution < 1.29 is 5.11 Å². The number of allylic oxidation sites excluding steroid dienone is 5. The Morgan fingerprint density at radius 3 is 2.82 bits per heavy atom. The van der Waals surface area contributed by atoms with Crippen LogP contribution < -0.4 is 0 Å². The maximum absolute atomic E-state index is 10.5. The molecule has 1 saturated carbocycles. The number of nitrogens with zero attached hydrogens (tertiary/aromatic N) is 1. The van der Waals surface area contributed by atoms with Gasteiger partial charge in [-0.25, -0.2) is 0 Å². The van der Waals surface area contributed by atoms with Gasteiger partial charge in [-0.05, 0) is 83.5 Å². The maximum atomic E-state index is 10.5. The molecule has 1 fully saturated rings. The number of aliphatic hydroxyl groups is 1. The number of fused-ring (bicyclic) bond motifs is 1. The van der Waals surface area contributed by atoms with Gasteiger partial charge in [0.05, 0.1) is 6.10 Å². The van der Waals surface area contributed by atoms with Crippen LogP contribution in [0.15, 0.2) is 60.2 Å². The summed E-state index contributed by atoms with van der Waals surface area (Å²) in [6.45, 7) is 3.30. The number of hydrogen-bond donors (Lipinski definition) is 1. The van der Waals surface area contributed by atoms with Crippen LogP contribution in [0.3, 0.4) is 0 Å². The first-order valence-corrected chi connectivity index (χ1v) is 10.9.